The monoisotopic (exact) mass is 255 g/mol. The van der Waals surface area contributed by atoms with Crippen molar-refractivity contribution in [3.05, 3.63) is 38.1 Å². The Bertz CT molecular complexity index is 356. The van der Waals surface area contributed by atoms with E-state index in [2.05, 4.69) is 15.9 Å². The van der Waals surface area contributed by atoms with Gasteiger partial charge >= 0.3 is 5.69 Å². The molecule has 0 radical (unpaired) electrons. The van der Waals surface area contributed by atoms with Gasteiger partial charge in [-0.2, -0.15) is 8.78 Å². The molecule has 0 aliphatic heterocycles. The summed E-state index contributed by atoms with van der Waals surface area (Å²) in [6, 6.07) is 0.484. The van der Waals surface area contributed by atoms with E-state index in [9.17, 15) is 23.3 Å². The lowest BCUT2D eigenvalue weighted by Crippen LogP contribution is -2.00. The zero-order valence-electron chi connectivity index (χ0n) is 5.85. The van der Waals surface area contributed by atoms with E-state index in [0.29, 0.717) is 6.07 Å². The number of rotatable bonds is 1. The Kier molecular flexibility index (Phi) is 2.55. The smallest absolute Gasteiger partial charge is 0.258 e. The zero-order chi connectivity index (χ0) is 10.2. The number of halogens is 4. The lowest BCUT2D eigenvalue weighted by Gasteiger charge is -1.98. The lowest BCUT2D eigenvalue weighted by molar-refractivity contribution is -0.390. The molecule has 1 rings (SSSR count). The van der Waals surface area contributed by atoms with E-state index in [-0.39, 0.29) is 0 Å². The normalized spacial score (nSPS) is 10.2. The molecule has 0 aromatic heterocycles. The third-order valence-electron chi connectivity index (χ3n) is 1.27. The number of nitro groups is 1. The Morgan fingerprint density at radius 1 is 1.31 bits per heavy atom. The topological polar surface area (TPSA) is 43.1 Å². The first-order valence-electron chi connectivity index (χ1n) is 2.92. The first kappa shape index (κ1) is 9.97. The Hall–Kier alpha value is -1.11. The first-order chi connectivity index (χ1) is 5.95. The summed E-state index contributed by atoms with van der Waals surface area (Å²) < 4.78 is 37.4. The molecule has 0 saturated carbocycles. The minimum absolute atomic E-state index is 0.484. The summed E-state index contributed by atoms with van der Waals surface area (Å²) in [6.07, 6.45) is 0. The Labute approximate surface area is 78.4 Å². The maximum atomic E-state index is 12.8. The van der Waals surface area contributed by atoms with Crippen molar-refractivity contribution in [2.75, 3.05) is 0 Å². The van der Waals surface area contributed by atoms with E-state index in [1.54, 1.807) is 0 Å². The molecule has 7 heteroatoms. The third kappa shape index (κ3) is 1.64. The van der Waals surface area contributed by atoms with Crippen molar-refractivity contribution in [2.45, 2.75) is 0 Å². The van der Waals surface area contributed by atoms with Crippen LogP contribution in [-0.2, 0) is 0 Å². The van der Waals surface area contributed by atoms with E-state index < -0.39 is 32.5 Å². The van der Waals surface area contributed by atoms with Crippen LogP contribution in [0.5, 0.6) is 0 Å². The van der Waals surface area contributed by atoms with Crippen LogP contribution < -0.4 is 0 Å². The maximum Gasteiger partial charge on any atom is 0.344 e. The second-order valence-corrected chi connectivity index (χ2v) is 2.93. The molecule has 0 amide bonds. The Morgan fingerprint density at radius 2 is 1.85 bits per heavy atom. The van der Waals surface area contributed by atoms with Crippen LogP contribution in [0.1, 0.15) is 0 Å². The van der Waals surface area contributed by atoms with Gasteiger partial charge in [-0.3, -0.25) is 10.1 Å². The maximum absolute atomic E-state index is 12.8. The molecule has 0 N–H and O–H groups in total. The molecule has 0 fully saturated rings. The fraction of sp³-hybridized carbons (Fsp3) is 0. The lowest BCUT2D eigenvalue weighted by atomic mass is 10.3. The molecule has 70 valence electrons. The van der Waals surface area contributed by atoms with E-state index >= 15 is 0 Å². The summed E-state index contributed by atoms with van der Waals surface area (Å²) in [7, 11) is 0. The van der Waals surface area contributed by atoms with Crippen LogP contribution in [0.15, 0.2) is 10.5 Å². The van der Waals surface area contributed by atoms with Crippen LogP contribution in [0.3, 0.4) is 0 Å². The van der Waals surface area contributed by atoms with Gasteiger partial charge in [-0.05, 0) is 22.0 Å². The fourth-order valence-electron chi connectivity index (χ4n) is 0.721. The van der Waals surface area contributed by atoms with Gasteiger partial charge in [0.05, 0.1) is 9.40 Å². The largest absolute Gasteiger partial charge is 0.344 e. The van der Waals surface area contributed by atoms with Gasteiger partial charge in [0.25, 0.3) is 0 Å². The van der Waals surface area contributed by atoms with Gasteiger partial charge in [0.2, 0.25) is 11.6 Å². The van der Waals surface area contributed by atoms with Crippen molar-refractivity contribution < 1.29 is 18.1 Å². The highest BCUT2D eigenvalue weighted by Gasteiger charge is 2.27. The van der Waals surface area contributed by atoms with Gasteiger partial charge < -0.3 is 0 Å². The van der Waals surface area contributed by atoms with Crippen molar-refractivity contribution in [3.8, 4) is 0 Å². The molecule has 0 atom stereocenters. The van der Waals surface area contributed by atoms with E-state index in [4.69, 9.17) is 0 Å². The van der Waals surface area contributed by atoms with Crippen LogP contribution in [0.2, 0.25) is 0 Å². The van der Waals surface area contributed by atoms with Crippen molar-refractivity contribution in [1.82, 2.24) is 0 Å². The summed E-state index contributed by atoms with van der Waals surface area (Å²) in [5.41, 5.74) is -1.49. The molecule has 1 aromatic rings. The van der Waals surface area contributed by atoms with Crippen LogP contribution in [0.4, 0.5) is 18.9 Å². The standard InChI is InChI=1S/C6HBrF3NO2/c7-2-1-3(8)5(10)6(4(2)9)11(12)13/h1H. The Morgan fingerprint density at radius 3 is 2.31 bits per heavy atom. The molecule has 3 nitrogen and oxygen atoms in total. The molecule has 0 aliphatic carbocycles. The molecule has 0 bridgehead atoms. The number of benzene rings is 1. The van der Waals surface area contributed by atoms with E-state index in [1.165, 1.54) is 0 Å². The van der Waals surface area contributed by atoms with Crippen LogP contribution in [0, 0.1) is 27.6 Å². The quantitative estimate of drug-likeness (QED) is 0.440. The van der Waals surface area contributed by atoms with Gasteiger partial charge in [0.15, 0.2) is 5.82 Å². The van der Waals surface area contributed by atoms with Crippen LogP contribution >= 0.6 is 15.9 Å². The van der Waals surface area contributed by atoms with Gasteiger partial charge in [-0.15, -0.1) is 0 Å². The summed E-state index contributed by atoms with van der Waals surface area (Å²) >= 11 is 2.51. The second kappa shape index (κ2) is 3.33. The molecule has 13 heavy (non-hydrogen) atoms. The summed E-state index contributed by atoms with van der Waals surface area (Å²) in [5, 5.41) is 10.1. The van der Waals surface area contributed by atoms with Gasteiger partial charge in [-0.1, -0.05) is 0 Å². The van der Waals surface area contributed by atoms with Gasteiger partial charge in [-0.25, -0.2) is 4.39 Å². The minimum Gasteiger partial charge on any atom is -0.258 e. The number of nitro benzene ring substituents is 1. The van der Waals surface area contributed by atoms with Crippen molar-refractivity contribution in [1.29, 1.82) is 0 Å². The first-order valence-corrected chi connectivity index (χ1v) is 3.72. The molecule has 1 aromatic carbocycles. The Balaban J connectivity index is 3.56. The molecular weight excluding hydrogens is 255 g/mol. The molecule has 0 spiro atoms. The number of hydrogen-bond donors (Lipinski definition) is 0. The zero-order valence-corrected chi connectivity index (χ0v) is 7.44. The average Bonchev–Trinajstić information content (AvgIpc) is 2.01. The third-order valence-corrected chi connectivity index (χ3v) is 1.85. The molecular formula is C6HBrF3NO2. The molecule has 0 unspecified atom stereocenters. The highest BCUT2D eigenvalue weighted by Crippen LogP contribution is 2.29. The summed E-state index contributed by atoms with van der Waals surface area (Å²) in [6.45, 7) is 0. The predicted molar refractivity (Wildman–Crippen MR) is 40.7 cm³/mol. The predicted octanol–water partition coefficient (Wildman–Crippen LogP) is 2.77. The van der Waals surface area contributed by atoms with E-state index in [0.717, 1.165) is 0 Å². The van der Waals surface area contributed by atoms with Gasteiger partial charge in [0.1, 0.15) is 0 Å². The summed E-state index contributed by atoms with van der Waals surface area (Å²) in [5.74, 6) is -4.70. The minimum atomic E-state index is -1.80. The molecule has 0 aliphatic rings. The second-order valence-electron chi connectivity index (χ2n) is 2.07. The van der Waals surface area contributed by atoms with E-state index in [1.807, 2.05) is 0 Å². The number of nitrogens with zero attached hydrogens (tertiary/aromatic N) is 1. The van der Waals surface area contributed by atoms with Crippen molar-refractivity contribution in [3.63, 3.8) is 0 Å². The van der Waals surface area contributed by atoms with Crippen molar-refractivity contribution in [2.24, 2.45) is 0 Å². The molecule has 0 heterocycles. The SMILES string of the molecule is O=[N+]([O-])c1c(F)c(F)cc(Br)c1F. The number of hydrogen-bond acceptors (Lipinski definition) is 2. The van der Waals surface area contributed by atoms with Gasteiger partial charge in [0, 0.05) is 0 Å². The van der Waals surface area contributed by atoms with Crippen LogP contribution in [-0.4, -0.2) is 4.92 Å². The highest BCUT2D eigenvalue weighted by atomic mass is 79.9. The van der Waals surface area contributed by atoms with Crippen molar-refractivity contribution >= 4 is 21.6 Å². The highest BCUT2D eigenvalue weighted by molar-refractivity contribution is 9.10. The summed E-state index contributed by atoms with van der Waals surface area (Å²) in [4.78, 5) is 8.76. The average molecular weight is 256 g/mol. The van der Waals surface area contributed by atoms with Crippen LogP contribution in [0.25, 0.3) is 0 Å². The molecule has 0 saturated heterocycles. The fourth-order valence-corrected chi connectivity index (χ4v) is 1.11.